The Balaban J connectivity index is 1.46. The van der Waals surface area contributed by atoms with E-state index in [1.54, 1.807) is 6.07 Å². The molecule has 42 heavy (non-hydrogen) atoms. The molecule has 1 fully saturated rings. The van der Waals surface area contributed by atoms with Gasteiger partial charge in [0.05, 0.1) is 16.9 Å². The van der Waals surface area contributed by atoms with E-state index in [9.17, 15) is 31.6 Å². The van der Waals surface area contributed by atoms with Crippen LogP contribution in [0.4, 0.5) is 30.5 Å². The molecule has 11 nitrogen and oxygen atoms in total. The van der Waals surface area contributed by atoms with Gasteiger partial charge in [-0.3, -0.25) is 9.36 Å². The SMILES string of the molecule is CN(c1ccc(Nc2ncc3cc(C#N)c(=O)n(Cc4scnc4S(=O)(=O)CC(F)(F)F)c3n2)cc1)C1CCNCC1. The summed E-state index contributed by atoms with van der Waals surface area (Å²) in [6.45, 7) is 1.49. The Morgan fingerprint density at radius 3 is 2.60 bits per heavy atom. The standard InChI is InChI=1S/C26H25F3N8O3S2/c1-36(20-6-8-31-9-7-20)19-4-2-18(3-5-19)34-25-32-12-17-10-16(11-30)24(38)37(22(17)35-25)13-21-23(33-15-41-21)42(39,40)14-26(27,28)29/h2-5,10,12,15,20,31H,6-9,13-14H2,1H3,(H,32,34,35). The lowest BCUT2D eigenvalue weighted by atomic mass is 10.0. The first kappa shape index (κ1) is 29.4. The number of alkyl halides is 3. The molecule has 1 saturated heterocycles. The van der Waals surface area contributed by atoms with E-state index in [4.69, 9.17) is 0 Å². The highest BCUT2D eigenvalue weighted by atomic mass is 32.2. The summed E-state index contributed by atoms with van der Waals surface area (Å²) in [6, 6.07) is 11.2. The molecule has 4 aromatic rings. The molecule has 16 heteroatoms. The molecule has 1 aromatic carbocycles. The minimum Gasteiger partial charge on any atom is -0.372 e. The molecule has 1 aliphatic heterocycles. The van der Waals surface area contributed by atoms with Crippen molar-refractivity contribution < 1.29 is 21.6 Å². The molecule has 0 bridgehead atoms. The van der Waals surface area contributed by atoms with Crippen molar-refractivity contribution in [3.63, 3.8) is 0 Å². The van der Waals surface area contributed by atoms with Crippen molar-refractivity contribution in [3.05, 3.63) is 62.8 Å². The maximum absolute atomic E-state index is 13.1. The Hall–Kier alpha value is -4.07. The summed E-state index contributed by atoms with van der Waals surface area (Å²) in [5, 5.41) is 15.4. The van der Waals surface area contributed by atoms with Crippen LogP contribution >= 0.6 is 11.3 Å². The first-order chi connectivity index (χ1) is 19.9. The van der Waals surface area contributed by atoms with Crippen LogP contribution in [-0.4, -0.2) is 66.0 Å². The van der Waals surface area contributed by atoms with E-state index in [1.165, 1.54) is 12.3 Å². The van der Waals surface area contributed by atoms with E-state index in [2.05, 4.69) is 37.5 Å². The molecule has 5 rings (SSSR count). The van der Waals surface area contributed by atoms with Gasteiger partial charge in [0.25, 0.3) is 5.56 Å². The fourth-order valence-corrected chi connectivity index (χ4v) is 7.23. The number of hydrogen-bond acceptors (Lipinski definition) is 11. The lowest BCUT2D eigenvalue weighted by Gasteiger charge is -2.33. The monoisotopic (exact) mass is 618 g/mol. The van der Waals surface area contributed by atoms with Crippen molar-refractivity contribution >= 4 is 49.5 Å². The molecule has 4 heterocycles. The Kier molecular flexibility index (Phi) is 8.17. The number of hydrogen-bond donors (Lipinski definition) is 2. The highest BCUT2D eigenvalue weighted by molar-refractivity contribution is 7.91. The first-order valence-corrected chi connectivity index (χ1v) is 15.3. The Morgan fingerprint density at radius 2 is 1.93 bits per heavy atom. The average Bonchev–Trinajstić information content (AvgIpc) is 3.43. The third-order valence-electron chi connectivity index (χ3n) is 6.89. The summed E-state index contributed by atoms with van der Waals surface area (Å²) >= 11 is 0.782. The number of anilines is 3. The van der Waals surface area contributed by atoms with Crippen LogP contribution in [-0.2, 0) is 16.4 Å². The second-order valence-electron chi connectivity index (χ2n) is 9.75. The number of halogens is 3. The van der Waals surface area contributed by atoms with Crippen molar-refractivity contribution in [2.24, 2.45) is 0 Å². The van der Waals surface area contributed by atoms with Crippen molar-refractivity contribution in [2.45, 2.75) is 36.6 Å². The molecule has 0 amide bonds. The summed E-state index contributed by atoms with van der Waals surface area (Å²) in [7, 11) is -2.77. The number of nitrogens with zero attached hydrogens (tertiary/aromatic N) is 6. The van der Waals surface area contributed by atoms with Crippen LogP contribution in [0, 0.1) is 11.3 Å². The van der Waals surface area contributed by atoms with E-state index in [1.807, 2.05) is 24.3 Å². The molecular weight excluding hydrogens is 593 g/mol. The van der Waals surface area contributed by atoms with Gasteiger partial charge in [0.2, 0.25) is 15.8 Å². The quantitative estimate of drug-likeness (QED) is 0.301. The molecule has 0 aliphatic carbocycles. The fraction of sp³-hybridized carbons (Fsp3) is 0.346. The summed E-state index contributed by atoms with van der Waals surface area (Å²) in [4.78, 5) is 27.6. The van der Waals surface area contributed by atoms with E-state index in [0.717, 1.165) is 53.0 Å². The Morgan fingerprint density at radius 1 is 1.21 bits per heavy atom. The van der Waals surface area contributed by atoms with Crippen molar-refractivity contribution in [1.82, 2.24) is 24.8 Å². The first-order valence-electron chi connectivity index (χ1n) is 12.8. The number of piperidine rings is 1. The molecule has 220 valence electrons. The van der Waals surface area contributed by atoms with Crippen molar-refractivity contribution in [2.75, 3.05) is 36.1 Å². The topological polar surface area (TPSA) is 146 Å². The summed E-state index contributed by atoms with van der Waals surface area (Å²) in [5.74, 6) is -1.97. The number of pyridine rings is 1. The summed E-state index contributed by atoms with van der Waals surface area (Å²) in [6.07, 6.45) is -1.48. The smallest absolute Gasteiger partial charge is 0.372 e. The fourth-order valence-electron chi connectivity index (χ4n) is 4.81. The lowest BCUT2D eigenvalue weighted by molar-refractivity contribution is -0.106. The maximum atomic E-state index is 13.1. The van der Waals surface area contributed by atoms with Crippen LogP contribution in [0.2, 0.25) is 0 Å². The van der Waals surface area contributed by atoms with Gasteiger partial charge in [0.15, 0.2) is 10.8 Å². The van der Waals surface area contributed by atoms with Gasteiger partial charge >= 0.3 is 6.18 Å². The van der Waals surface area contributed by atoms with Crippen molar-refractivity contribution in [3.8, 4) is 6.07 Å². The lowest BCUT2D eigenvalue weighted by Crippen LogP contribution is -2.41. The molecule has 1 aliphatic rings. The van der Waals surface area contributed by atoms with E-state index in [-0.39, 0.29) is 22.0 Å². The highest BCUT2D eigenvalue weighted by Crippen LogP contribution is 2.28. The van der Waals surface area contributed by atoms with Crippen LogP contribution in [0.5, 0.6) is 0 Å². The van der Waals surface area contributed by atoms with Crippen LogP contribution < -0.4 is 21.1 Å². The molecule has 0 atom stereocenters. The predicted molar refractivity (Wildman–Crippen MR) is 152 cm³/mol. The number of benzene rings is 1. The molecule has 0 spiro atoms. The van der Waals surface area contributed by atoms with Gasteiger partial charge in [-0.25, -0.2) is 18.4 Å². The van der Waals surface area contributed by atoms with Gasteiger partial charge in [0.1, 0.15) is 17.3 Å². The maximum Gasteiger partial charge on any atom is 0.403 e. The van der Waals surface area contributed by atoms with E-state index >= 15 is 0 Å². The van der Waals surface area contributed by atoms with Gasteiger partial charge in [0, 0.05) is 36.0 Å². The van der Waals surface area contributed by atoms with E-state index in [0.29, 0.717) is 17.1 Å². The van der Waals surface area contributed by atoms with Gasteiger partial charge in [-0.1, -0.05) is 0 Å². The normalized spacial score (nSPS) is 14.5. The molecule has 0 unspecified atom stereocenters. The van der Waals surface area contributed by atoms with Crippen LogP contribution in [0.25, 0.3) is 11.0 Å². The highest BCUT2D eigenvalue weighted by Gasteiger charge is 2.38. The van der Waals surface area contributed by atoms with Gasteiger partial charge in [-0.05, 0) is 56.3 Å². The minimum absolute atomic E-state index is 0.0614. The third-order valence-corrected chi connectivity index (χ3v) is 9.48. The largest absolute Gasteiger partial charge is 0.403 e. The number of thiazole rings is 1. The second-order valence-corrected chi connectivity index (χ2v) is 12.6. The molecule has 0 radical (unpaired) electrons. The van der Waals surface area contributed by atoms with Gasteiger partial charge < -0.3 is 15.5 Å². The van der Waals surface area contributed by atoms with Gasteiger partial charge in [-0.15, -0.1) is 11.3 Å². The average molecular weight is 619 g/mol. The zero-order valence-corrected chi connectivity index (χ0v) is 23.9. The number of sulfone groups is 1. The molecule has 0 saturated carbocycles. The Labute approximate surface area is 242 Å². The minimum atomic E-state index is -4.97. The third kappa shape index (κ3) is 6.37. The molecule has 3 aromatic heterocycles. The summed E-state index contributed by atoms with van der Waals surface area (Å²) in [5.41, 5.74) is 1.82. The number of nitrogens with one attached hydrogen (secondary N) is 2. The zero-order valence-electron chi connectivity index (χ0n) is 22.2. The predicted octanol–water partition coefficient (Wildman–Crippen LogP) is 3.44. The second kappa shape index (κ2) is 11.7. The van der Waals surface area contributed by atoms with E-state index < -0.39 is 38.9 Å². The van der Waals surface area contributed by atoms with Gasteiger partial charge in [-0.2, -0.15) is 23.4 Å². The number of rotatable bonds is 8. The Bertz CT molecular complexity index is 1810. The van der Waals surface area contributed by atoms with Crippen LogP contribution in [0.3, 0.4) is 0 Å². The number of nitriles is 1. The molecule has 2 N–H and O–H groups in total. The number of fused-ring (bicyclic) bond motifs is 1. The summed E-state index contributed by atoms with van der Waals surface area (Å²) < 4.78 is 64.7. The zero-order chi connectivity index (χ0) is 30.1. The van der Waals surface area contributed by atoms with Crippen molar-refractivity contribution in [1.29, 1.82) is 5.26 Å². The van der Waals surface area contributed by atoms with Crippen LogP contribution in [0.15, 0.2) is 51.9 Å². The molecular formula is C26H25F3N8O3S2. The van der Waals surface area contributed by atoms with Crippen LogP contribution in [0.1, 0.15) is 23.3 Å². The number of aromatic nitrogens is 4.